The highest BCUT2D eigenvalue weighted by molar-refractivity contribution is 7.13. The smallest absolute Gasteiger partial charge is 0.271 e. The molecule has 1 aliphatic rings. The number of amides is 1. The zero-order chi connectivity index (χ0) is 17.1. The van der Waals surface area contributed by atoms with Gasteiger partial charge in [-0.2, -0.15) is 0 Å². The molecule has 1 aliphatic heterocycles. The van der Waals surface area contributed by atoms with Gasteiger partial charge in [0.15, 0.2) is 5.82 Å². The van der Waals surface area contributed by atoms with E-state index in [-0.39, 0.29) is 5.91 Å². The second-order valence-corrected chi connectivity index (χ2v) is 6.94. The second-order valence-electron chi connectivity index (χ2n) is 6.08. The molecule has 0 saturated heterocycles. The van der Waals surface area contributed by atoms with Gasteiger partial charge in [0.25, 0.3) is 5.91 Å². The van der Waals surface area contributed by atoms with Crippen molar-refractivity contribution in [2.45, 2.75) is 38.8 Å². The molecule has 25 heavy (non-hydrogen) atoms. The minimum absolute atomic E-state index is 0.176. The first-order chi connectivity index (χ1) is 12.3. The molecule has 0 unspecified atom stereocenters. The molecule has 0 bridgehead atoms. The van der Waals surface area contributed by atoms with Crippen molar-refractivity contribution >= 4 is 17.2 Å². The van der Waals surface area contributed by atoms with Gasteiger partial charge in [0.1, 0.15) is 16.5 Å². The van der Waals surface area contributed by atoms with Crippen LogP contribution < -0.4 is 5.32 Å². The molecule has 2 aromatic heterocycles. The van der Waals surface area contributed by atoms with E-state index in [1.807, 2.05) is 30.3 Å². The first kappa shape index (κ1) is 16.0. The molecule has 128 valence electrons. The Morgan fingerprint density at radius 3 is 2.92 bits per heavy atom. The Kier molecular flexibility index (Phi) is 4.56. The summed E-state index contributed by atoms with van der Waals surface area (Å²) in [6.07, 6.45) is 4.48. The summed E-state index contributed by atoms with van der Waals surface area (Å²) in [5, 5.41) is 14.1. The van der Waals surface area contributed by atoms with Gasteiger partial charge in [0.05, 0.1) is 6.54 Å². The summed E-state index contributed by atoms with van der Waals surface area (Å²) >= 11 is 1.47. The van der Waals surface area contributed by atoms with E-state index in [1.165, 1.54) is 17.8 Å². The number of aryl methyl sites for hydroxylation is 1. The summed E-state index contributed by atoms with van der Waals surface area (Å²) in [6.45, 7) is 1.31. The largest absolute Gasteiger partial charge is 0.343 e. The zero-order valence-electron chi connectivity index (χ0n) is 13.8. The minimum atomic E-state index is -0.176. The molecule has 6 nitrogen and oxygen atoms in total. The van der Waals surface area contributed by atoms with Gasteiger partial charge in [-0.3, -0.25) is 4.79 Å². The van der Waals surface area contributed by atoms with Crippen LogP contribution in [0.3, 0.4) is 0 Å². The molecule has 4 rings (SSSR count). The number of nitrogens with zero attached hydrogens (tertiary/aromatic N) is 4. The fourth-order valence-electron chi connectivity index (χ4n) is 3.02. The van der Waals surface area contributed by atoms with Gasteiger partial charge in [0.2, 0.25) is 0 Å². The van der Waals surface area contributed by atoms with E-state index in [2.05, 4.69) is 25.1 Å². The van der Waals surface area contributed by atoms with E-state index in [1.54, 1.807) is 5.38 Å². The van der Waals surface area contributed by atoms with Crippen LogP contribution in [0.25, 0.3) is 10.6 Å². The lowest BCUT2D eigenvalue weighted by Crippen LogP contribution is -2.25. The van der Waals surface area contributed by atoms with Gasteiger partial charge in [-0.25, -0.2) is 4.98 Å². The topological polar surface area (TPSA) is 72.7 Å². The van der Waals surface area contributed by atoms with Crippen LogP contribution in [-0.4, -0.2) is 25.7 Å². The van der Waals surface area contributed by atoms with Crippen molar-refractivity contribution in [3.05, 3.63) is 53.1 Å². The van der Waals surface area contributed by atoms with E-state index >= 15 is 0 Å². The standard InChI is InChI=1S/C18H19N5OS/c24-17(14-12-25-18(20-14)13-7-3-1-4-8-13)19-11-16-22-21-15-9-5-2-6-10-23(15)16/h1,3-4,7-8,12H,2,5-6,9-11H2,(H,19,24). The highest BCUT2D eigenvalue weighted by atomic mass is 32.1. The molecular formula is C18H19N5OS. The normalized spacial score (nSPS) is 13.9. The summed E-state index contributed by atoms with van der Waals surface area (Å²) in [6, 6.07) is 9.88. The Morgan fingerprint density at radius 2 is 2.04 bits per heavy atom. The van der Waals surface area contributed by atoms with Crippen LogP contribution in [0.2, 0.25) is 0 Å². The molecule has 1 amide bonds. The summed E-state index contributed by atoms with van der Waals surface area (Å²) in [7, 11) is 0. The summed E-state index contributed by atoms with van der Waals surface area (Å²) in [5.41, 5.74) is 1.47. The number of benzene rings is 1. The molecule has 1 N–H and O–H groups in total. The first-order valence-corrected chi connectivity index (χ1v) is 9.39. The maximum Gasteiger partial charge on any atom is 0.271 e. The predicted molar refractivity (Wildman–Crippen MR) is 96.3 cm³/mol. The highest BCUT2D eigenvalue weighted by Crippen LogP contribution is 2.23. The Balaban J connectivity index is 1.43. The summed E-state index contributed by atoms with van der Waals surface area (Å²) in [4.78, 5) is 16.8. The van der Waals surface area contributed by atoms with Crippen molar-refractivity contribution in [3.63, 3.8) is 0 Å². The molecule has 7 heteroatoms. The van der Waals surface area contributed by atoms with Crippen LogP contribution in [0.4, 0.5) is 0 Å². The molecule has 0 saturated carbocycles. The second kappa shape index (κ2) is 7.14. The lowest BCUT2D eigenvalue weighted by Gasteiger charge is -2.07. The molecule has 0 radical (unpaired) electrons. The third-order valence-corrected chi connectivity index (χ3v) is 5.24. The number of fused-ring (bicyclic) bond motifs is 1. The third kappa shape index (κ3) is 3.46. The maximum absolute atomic E-state index is 12.4. The van der Waals surface area contributed by atoms with Gasteiger partial charge < -0.3 is 9.88 Å². The van der Waals surface area contributed by atoms with Crippen LogP contribution in [-0.2, 0) is 19.5 Å². The third-order valence-electron chi connectivity index (χ3n) is 4.35. The van der Waals surface area contributed by atoms with E-state index in [0.717, 1.165) is 48.0 Å². The maximum atomic E-state index is 12.4. The molecule has 0 atom stereocenters. The Morgan fingerprint density at radius 1 is 1.16 bits per heavy atom. The number of aromatic nitrogens is 4. The van der Waals surface area contributed by atoms with Crippen molar-refractivity contribution in [2.75, 3.05) is 0 Å². The van der Waals surface area contributed by atoms with E-state index in [0.29, 0.717) is 12.2 Å². The van der Waals surface area contributed by atoms with E-state index < -0.39 is 0 Å². The fourth-order valence-corrected chi connectivity index (χ4v) is 3.82. The van der Waals surface area contributed by atoms with Crippen LogP contribution >= 0.6 is 11.3 Å². The molecule has 0 spiro atoms. The molecular weight excluding hydrogens is 334 g/mol. The van der Waals surface area contributed by atoms with Gasteiger partial charge in [-0.15, -0.1) is 21.5 Å². The monoisotopic (exact) mass is 353 g/mol. The molecule has 0 aliphatic carbocycles. The molecule has 3 aromatic rings. The van der Waals surface area contributed by atoms with E-state index in [4.69, 9.17) is 0 Å². The van der Waals surface area contributed by atoms with Crippen LogP contribution in [0.15, 0.2) is 35.7 Å². The van der Waals surface area contributed by atoms with Crippen molar-refractivity contribution in [2.24, 2.45) is 0 Å². The number of carbonyl (C=O) groups excluding carboxylic acids is 1. The molecule has 0 fully saturated rings. The zero-order valence-corrected chi connectivity index (χ0v) is 14.6. The van der Waals surface area contributed by atoms with Crippen LogP contribution in [0, 0.1) is 0 Å². The lowest BCUT2D eigenvalue weighted by atomic mass is 10.2. The quantitative estimate of drug-likeness (QED) is 0.782. The fraction of sp³-hybridized carbons (Fsp3) is 0.333. The number of carbonyl (C=O) groups is 1. The summed E-state index contributed by atoms with van der Waals surface area (Å²) in [5.74, 6) is 1.68. The number of hydrogen-bond acceptors (Lipinski definition) is 5. The number of hydrogen-bond donors (Lipinski definition) is 1. The van der Waals surface area contributed by atoms with E-state index in [9.17, 15) is 4.79 Å². The summed E-state index contributed by atoms with van der Waals surface area (Å²) < 4.78 is 2.14. The van der Waals surface area contributed by atoms with Crippen molar-refractivity contribution < 1.29 is 4.79 Å². The lowest BCUT2D eigenvalue weighted by molar-refractivity contribution is 0.0945. The van der Waals surface area contributed by atoms with Crippen molar-refractivity contribution in [3.8, 4) is 10.6 Å². The predicted octanol–water partition coefficient (Wildman–Crippen LogP) is 3.06. The van der Waals surface area contributed by atoms with Gasteiger partial charge in [-0.05, 0) is 12.8 Å². The Labute approximate surface area is 149 Å². The minimum Gasteiger partial charge on any atom is -0.343 e. The SMILES string of the molecule is O=C(NCc1nnc2n1CCCCC2)c1csc(-c2ccccc2)n1. The molecule has 1 aromatic carbocycles. The van der Waals surface area contributed by atoms with Crippen LogP contribution in [0.1, 0.15) is 41.4 Å². The van der Waals surface area contributed by atoms with Crippen LogP contribution in [0.5, 0.6) is 0 Å². The number of nitrogens with one attached hydrogen (secondary N) is 1. The highest BCUT2D eigenvalue weighted by Gasteiger charge is 2.16. The Hall–Kier alpha value is -2.54. The van der Waals surface area contributed by atoms with Gasteiger partial charge >= 0.3 is 0 Å². The first-order valence-electron chi connectivity index (χ1n) is 8.51. The molecule has 3 heterocycles. The van der Waals surface area contributed by atoms with Gasteiger partial charge in [-0.1, -0.05) is 36.8 Å². The van der Waals surface area contributed by atoms with Gasteiger partial charge in [0, 0.05) is 23.9 Å². The number of thiazole rings is 1. The average Bonchev–Trinajstić information content (AvgIpc) is 3.22. The van der Waals surface area contributed by atoms with Crippen molar-refractivity contribution in [1.82, 2.24) is 25.1 Å². The van der Waals surface area contributed by atoms with Crippen molar-refractivity contribution in [1.29, 1.82) is 0 Å². The Bertz CT molecular complexity index is 871. The average molecular weight is 353 g/mol. The number of rotatable bonds is 4.